The predicted octanol–water partition coefficient (Wildman–Crippen LogP) is 3.98. The first-order valence-electron chi connectivity index (χ1n) is 9.01. The number of nitrogens with two attached hydrogens (primary N) is 1. The largest absolute Gasteiger partial charge is 0.414 e. The van der Waals surface area contributed by atoms with Crippen molar-refractivity contribution in [1.29, 1.82) is 0 Å². The number of hydrogen-bond acceptors (Lipinski definition) is 7. The third kappa shape index (κ3) is 3.70. The Morgan fingerprint density at radius 2 is 1.62 bits per heavy atom. The van der Waals surface area contributed by atoms with Crippen LogP contribution >= 0.6 is 0 Å². The van der Waals surface area contributed by atoms with Gasteiger partial charge in [-0.3, -0.25) is 4.98 Å². The maximum atomic E-state index is 5.99. The number of nitrogens with zero attached hydrogens (tertiary/aromatic N) is 5. The van der Waals surface area contributed by atoms with Gasteiger partial charge in [0.05, 0.1) is 23.7 Å². The van der Waals surface area contributed by atoms with Gasteiger partial charge in [-0.15, -0.1) is 10.2 Å². The van der Waals surface area contributed by atoms with Crippen molar-refractivity contribution in [1.82, 2.24) is 25.1 Å². The average molecular weight is 384 g/mol. The van der Waals surface area contributed by atoms with Crippen LogP contribution in [0.1, 0.15) is 5.56 Å². The summed E-state index contributed by atoms with van der Waals surface area (Å²) in [4.78, 5) is 10.9. The van der Waals surface area contributed by atoms with E-state index in [1.54, 1.807) is 18.5 Å². The van der Waals surface area contributed by atoms with Crippen molar-refractivity contribution in [2.24, 2.45) is 0 Å². The highest BCUT2D eigenvalue weighted by Gasteiger charge is 2.14. The van der Waals surface area contributed by atoms with Crippen molar-refractivity contribution < 1.29 is 4.42 Å². The van der Waals surface area contributed by atoms with E-state index in [2.05, 4.69) is 26.7 Å². The highest BCUT2D eigenvalue weighted by Crippen LogP contribution is 2.28. The van der Waals surface area contributed by atoms with Gasteiger partial charge in [0.25, 0.3) is 5.89 Å². The standard InChI is InChI=1S/C22H20N6O/c1-14(28(2)3)15-8-10-16(11-9-15)19-12-24-13-20(25-19)22-27-26-21(29-22)17-6-4-5-7-18(17)23/h4-13H,1,23H2,2-3H3. The van der Waals surface area contributed by atoms with Crippen LogP contribution in [0.25, 0.3) is 40.0 Å². The van der Waals surface area contributed by atoms with Gasteiger partial charge in [0.2, 0.25) is 5.89 Å². The van der Waals surface area contributed by atoms with Crippen LogP contribution in [0.5, 0.6) is 0 Å². The first kappa shape index (κ1) is 18.4. The van der Waals surface area contributed by atoms with Crippen molar-refractivity contribution in [3.05, 3.63) is 73.1 Å². The zero-order valence-corrected chi connectivity index (χ0v) is 16.2. The molecule has 7 heteroatoms. The zero-order valence-electron chi connectivity index (χ0n) is 16.2. The molecule has 2 aromatic heterocycles. The molecule has 0 fully saturated rings. The fraction of sp³-hybridized carbons (Fsp3) is 0.0909. The molecule has 4 aromatic rings. The van der Waals surface area contributed by atoms with Crippen LogP contribution in [0.4, 0.5) is 5.69 Å². The van der Waals surface area contributed by atoms with Crippen molar-refractivity contribution >= 4 is 11.4 Å². The smallest absolute Gasteiger partial charge is 0.268 e. The molecule has 7 nitrogen and oxygen atoms in total. The Hall–Kier alpha value is -4.00. The maximum Gasteiger partial charge on any atom is 0.268 e. The van der Waals surface area contributed by atoms with E-state index in [0.29, 0.717) is 28.5 Å². The third-order valence-electron chi connectivity index (χ3n) is 4.52. The van der Waals surface area contributed by atoms with Crippen LogP contribution in [0, 0.1) is 0 Å². The van der Waals surface area contributed by atoms with E-state index in [-0.39, 0.29) is 5.89 Å². The van der Waals surface area contributed by atoms with Gasteiger partial charge < -0.3 is 15.1 Å². The third-order valence-corrected chi connectivity index (χ3v) is 4.52. The van der Waals surface area contributed by atoms with Crippen LogP contribution in [-0.4, -0.2) is 39.2 Å². The minimum atomic E-state index is 0.287. The molecule has 0 saturated heterocycles. The Kier molecular flexibility index (Phi) is 4.78. The van der Waals surface area contributed by atoms with E-state index < -0.39 is 0 Å². The quantitative estimate of drug-likeness (QED) is 0.520. The van der Waals surface area contributed by atoms with Crippen LogP contribution in [-0.2, 0) is 0 Å². The van der Waals surface area contributed by atoms with Crippen LogP contribution in [0.15, 0.2) is 71.9 Å². The van der Waals surface area contributed by atoms with Crippen molar-refractivity contribution in [3.8, 4) is 34.3 Å². The Morgan fingerprint density at radius 3 is 2.34 bits per heavy atom. The van der Waals surface area contributed by atoms with Crippen molar-refractivity contribution in [2.75, 3.05) is 19.8 Å². The lowest BCUT2D eigenvalue weighted by atomic mass is 10.1. The first-order chi connectivity index (χ1) is 14.0. The van der Waals surface area contributed by atoms with E-state index in [1.165, 1.54) is 0 Å². The van der Waals surface area contributed by atoms with Crippen LogP contribution < -0.4 is 5.73 Å². The molecule has 0 saturated carbocycles. The summed E-state index contributed by atoms with van der Waals surface area (Å²) in [5, 5.41) is 8.20. The van der Waals surface area contributed by atoms with Gasteiger partial charge >= 0.3 is 0 Å². The molecule has 2 heterocycles. The predicted molar refractivity (Wildman–Crippen MR) is 113 cm³/mol. The minimum Gasteiger partial charge on any atom is -0.414 e. The first-order valence-corrected chi connectivity index (χ1v) is 9.01. The molecule has 0 bridgehead atoms. The summed E-state index contributed by atoms with van der Waals surface area (Å²) in [5.74, 6) is 0.632. The second-order valence-corrected chi connectivity index (χ2v) is 6.71. The monoisotopic (exact) mass is 384 g/mol. The number of hydrogen-bond donors (Lipinski definition) is 1. The molecular formula is C22H20N6O. The number of anilines is 1. The molecule has 0 unspecified atom stereocenters. The molecule has 4 rings (SSSR count). The molecule has 0 radical (unpaired) electrons. The second kappa shape index (κ2) is 7.55. The molecule has 0 aliphatic rings. The van der Waals surface area contributed by atoms with Gasteiger partial charge in [-0.2, -0.15) is 0 Å². The Balaban J connectivity index is 1.63. The van der Waals surface area contributed by atoms with E-state index in [4.69, 9.17) is 10.2 Å². The molecular weight excluding hydrogens is 364 g/mol. The van der Waals surface area contributed by atoms with Gasteiger partial charge in [-0.25, -0.2) is 4.98 Å². The summed E-state index contributed by atoms with van der Waals surface area (Å²) in [7, 11) is 3.93. The fourth-order valence-corrected chi connectivity index (χ4v) is 2.83. The molecule has 2 aromatic carbocycles. The Morgan fingerprint density at radius 1 is 0.931 bits per heavy atom. The maximum absolute atomic E-state index is 5.99. The summed E-state index contributed by atoms with van der Waals surface area (Å²) in [6.07, 6.45) is 3.29. The molecule has 0 aliphatic carbocycles. The number of benzene rings is 2. The van der Waals surface area contributed by atoms with Crippen molar-refractivity contribution in [2.45, 2.75) is 0 Å². The van der Waals surface area contributed by atoms with E-state index in [0.717, 1.165) is 16.8 Å². The highest BCUT2D eigenvalue weighted by atomic mass is 16.4. The molecule has 0 spiro atoms. The summed E-state index contributed by atoms with van der Waals surface area (Å²) < 4.78 is 5.78. The van der Waals surface area contributed by atoms with E-state index in [9.17, 15) is 0 Å². The molecule has 0 aliphatic heterocycles. The zero-order chi connectivity index (χ0) is 20.4. The van der Waals surface area contributed by atoms with E-state index >= 15 is 0 Å². The molecule has 2 N–H and O–H groups in total. The average Bonchev–Trinajstić information content (AvgIpc) is 3.24. The highest BCUT2D eigenvalue weighted by molar-refractivity contribution is 5.71. The number of para-hydroxylation sites is 1. The normalized spacial score (nSPS) is 10.7. The molecule has 0 amide bonds. The fourth-order valence-electron chi connectivity index (χ4n) is 2.83. The lowest BCUT2D eigenvalue weighted by Crippen LogP contribution is -2.08. The van der Waals surface area contributed by atoms with Gasteiger partial charge in [0.1, 0.15) is 5.69 Å². The summed E-state index contributed by atoms with van der Waals surface area (Å²) in [6.45, 7) is 4.08. The van der Waals surface area contributed by atoms with Crippen molar-refractivity contribution in [3.63, 3.8) is 0 Å². The molecule has 0 atom stereocenters. The van der Waals surface area contributed by atoms with Crippen LogP contribution in [0.3, 0.4) is 0 Å². The summed E-state index contributed by atoms with van der Waals surface area (Å²) >= 11 is 0. The summed E-state index contributed by atoms with van der Waals surface area (Å²) in [5.41, 5.74) is 11.4. The number of aromatic nitrogens is 4. The topological polar surface area (TPSA) is 94.0 Å². The molecule has 29 heavy (non-hydrogen) atoms. The minimum absolute atomic E-state index is 0.287. The Labute approximate surface area is 168 Å². The second-order valence-electron chi connectivity index (χ2n) is 6.71. The number of nitrogen functional groups attached to an aromatic ring is 1. The molecule has 144 valence electrons. The Bertz CT molecular complexity index is 1160. The van der Waals surface area contributed by atoms with E-state index in [1.807, 2.05) is 61.5 Å². The van der Waals surface area contributed by atoms with Gasteiger partial charge in [0.15, 0.2) is 0 Å². The van der Waals surface area contributed by atoms with Gasteiger partial charge in [0, 0.05) is 31.0 Å². The summed E-state index contributed by atoms with van der Waals surface area (Å²) in [6, 6.07) is 15.3. The van der Waals surface area contributed by atoms with Crippen LogP contribution in [0.2, 0.25) is 0 Å². The SMILES string of the molecule is C=C(c1ccc(-c2cncc(-c3nnc(-c4ccccc4N)o3)n2)cc1)N(C)C. The van der Waals surface area contributed by atoms with Gasteiger partial charge in [-0.05, 0) is 17.7 Å². The van der Waals surface area contributed by atoms with Gasteiger partial charge in [-0.1, -0.05) is 43.0 Å². The lowest BCUT2D eigenvalue weighted by molar-refractivity contribution is 0.582. The number of rotatable bonds is 5. The lowest BCUT2D eigenvalue weighted by Gasteiger charge is -2.15.